The van der Waals surface area contributed by atoms with Crippen LogP contribution in [0.3, 0.4) is 0 Å². The van der Waals surface area contributed by atoms with Crippen LogP contribution in [0.2, 0.25) is 17.3 Å². The Bertz CT molecular complexity index is 2000. The van der Waals surface area contributed by atoms with Crippen LogP contribution in [0.15, 0.2) is 77.5 Å². The molecule has 0 N–H and O–H groups in total. The van der Waals surface area contributed by atoms with Gasteiger partial charge in [-0.15, -0.1) is 17.7 Å². The maximum atomic E-state index is 6.21. The van der Waals surface area contributed by atoms with Gasteiger partial charge in [-0.1, -0.05) is 51.8 Å². The van der Waals surface area contributed by atoms with Gasteiger partial charge in [-0.25, -0.2) is 0 Å². The van der Waals surface area contributed by atoms with Gasteiger partial charge in [-0.3, -0.25) is 4.98 Å². The third kappa shape index (κ3) is 8.53. The first kappa shape index (κ1) is 37.7. The van der Waals surface area contributed by atoms with E-state index < -0.39 is 13.3 Å². The Labute approximate surface area is 303 Å². The van der Waals surface area contributed by atoms with Crippen LogP contribution >= 0.6 is 0 Å². The summed E-state index contributed by atoms with van der Waals surface area (Å²) >= 11 is -1.86. The normalized spacial score (nSPS) is 12.5. The zero-order chi connectivity index (χ0) is 34.1. The van der Waals surface area contributed by atoms with Crippen molar-refractivity contribution >= 4 is 39.7 Å². The molecule has 2 aromatic carbocycles. The number of pyridine rings is 3. The summed E-state index contributed by atoms with van der Waals surface area (Å²) in [6.45, 7) is 17.7. The predicted molar refractivity (Wildman–Crippen MR) is 201 cm³/mol. The van der Waals surface area contributed by atoms with Crippen molar-refractivity contribution < 1.29 is 24.5 Å². The largest absolute Gasteiger partial charge is 0.499 e. The minimum absolute atomic E-state index is 0. The fraction of sp³-hybridized carbons (Fsp3) is 0.357. The third-order valence-electron chi connectivity index (χ3n) is 8.98. The number of hydrogen-bond donors (Lipinski definition) is 0. The molecule has 6 aromatic rings. The van der Waals surface area contributed by atoms with E-state index in [0.717, 1.165) is 62.3 Å². The van der Waals surface area contributed by atoms with Crippen LogP contribution in [-0.2, 0) is 26.5 Å². The van der Waals surface area contributed by atoms with Gasteiger partial charge in [0, 0.05) is 32.0 Å². The summed E-state index contributed by atoms with van der Waals surface area (Å²) < 4.78 is 7.75. The summed E-state index contributed by atoms with van der Waals surface area (Å²) in [4.78, 5) is 14.0. The zero-order valence-corrected chi connectivity index (χ0v) is 34.9. The molecular weight excluding hydrogens is 827 g/mol. The van der Waals surface area contributed by atoms with Crippen molar-refractivity contribution in [3.05, 3.63) is 108 Å². The van der Waals surface area contributed by atoms with Crippen LogP contribution in [0.1, 0.15) is 69.8 Å². The molecule has 0 aliphatic carbocycles. The van der Waals surface area contributed by atoms with Crippen LogP contribution < -0.4 is 4.40 Å². The van der Waals surface area contributed by atoms with Crippen LogP contribution in [0, 0.1) is 37.3 Å². The SMILES string of the molecule is CC(C)Cc1cc(-c2[c-]cccc2)nc[c]1[Ge]([CH3])([CH3])[CH3].Cc1ccc2oc3c(-c4cc(C(C)C(C)(C)C)ccn4)[c-]cc(C)c3c2n1.[Ir]. The standard InChI is InChI=1S/C24H25N2O.C18H24GeN.Ir/c1-14-7-9-18(19-13-17(11-12-25-19)16(3)24(4,5)6)23-21(14)22-20(27-23)10-8-15(2)26-22;1-14(2)11-16-12-18(15-9-7-6-8-10-15)20-13-17(16)19(3,4)5;/h7-8,10-13,16H,1-6H3;6-9,12-14H,11H2,1-5H3;/q2*-1;. The van der Waals surface area contributed by atoms with Gasteiger partial charge in [0.1, 0.15) is 5.58 Å². The Kier molecular flexibility index (Phi) is 11.9. The van der Waals surface area contributed by atoms with Gasteiger partial charge in [0.2, 0.25) is 0 Å². The Morgan fingerprint density at radius 3 is 2.29 bits per heavy atom. The number of aryl methyl sites for hydroxylation is 2. The third-order valence-corrected chi connectivity index (χ3v) is 13.3. The van der Waals surface area contributed by atoms with Crippen LogP contribution in [0.4, 0.5) is 0 Å². The van der Waals surface area contributed by atoms with E-state index >= 15 is 0 Å². The maximum absolute atomic E-state index is 6.21. The van der Waals surface area contributed by atoms with Gasteiger partial charge >= 0.3 is 126 Å². The molecule has 4 nitrogen and oxygen atoms in total. The fourth-order valence-electron chi connectivity index (χ4n) is 5.96. The van der Waals surface area contributed by atoms with Crippen LogP contribution in [0.5, 0.6) is 0 Å². The Balaban J connectivity index is 0.000000222. The average molecular weight is 877 g/mol. The number of rotatable bonds is 6. The topological polar surface area (TPSA) is 51.8 Å². The van der Waals surface area contributed by atoms with E-state index in [0.29, 0.717) is 11.8 Å². The second-order valence-electron chi connectivity index (χ2n) is 15.4. The molecular formula is C42H49GeIrN3O-2. The Morgan fingerprint density at radius 2 is 1.65 bits per heavy atom. The molecule has 0 bridgehead atoms. The molecule has 0 fully saturated rings. The van der Waals surface area contributed by atoms with Crippen molar-refractivity contribution in [1.29, 1.82) is 0 Å². The summed E-state index contributed by atoms with van der Waals surface area (Å²) in [6.07, 6.45) is 5.16. The second-order valence-corrected chi connectivity index (χ2v) is 25.9. The zero-order valence-electron chi connectivity index (χ0n) is 30.4. The minimum atomic E-state index is -1.86. The molecule has 0 aliphatic rings. The van der Waals surface area contributed by atoms with E-state index in [1.165, 1.54) is 11.1 Å². The summed E-state index contributed by atoms with van der Waals surface area (Å²) in [6, 6.07) is 27.3. The number of furan rings is 1. The summed E-state index contributed by atoms with van der Waals surface area (Å²) in [5.74, 6) is 8.41. The number of benzene rings is 2. The van der Waals surface area contributed by atoms with E-state index in [2.05, 4.69) is 113 Å². The van der Waals surface area contributed by atoms with Gasteiger partial charge in [0.15, 0.2) is 0 Å². The monoisotopic (exact) mass is 878 g/mol. The van der Waals surface area contributed by atoms with Crippen molar-refractivity contribution in [2.24, 2.45) is 11.3 Å². The van der Waals surface area contributed by atoms with Crippen molar-refractivity contribution in [2.45, 2.75) is 85.0 Å². The number of nitrogens with zero attached hydrogens (tertiary/aromatic N) is 3. The molecule has 6 rings (SSSR count). The van der Waals surface area contributed by atoms with E-state index in [4.69, 9.17) is 14.4 Å². The molecule has 6 heteroatoms. The van der Waals surface area contributed by atoms with Crippen molar-refractivity contribution in [3.8, 4) is 22.5 Å². The Morgan fingerprint density at radius 1 is 0.896 bits per heavy atom. The van der Waals surface area contributed by atoms with Gasteiger partial charge in [-0.05, 0) is 47.5 Å². The summed E-state index contributed by atoms with van der Waals surface area (Å²) in [5.41, 5.74) is 11.5. The number of aromatic nitrogens is 3. The summed E-state index contributed by atoms with van der Waals surface area (Å²) in [7, 11) is 0. The van der Waals surface area contributed by atoms with E-state index in [1.54, 1.807) is 4.40 Å². The first-order chi connectivity index (χ1) is 22.1. The smallest absolute Gasteiger partial charge is 0.139 e. The molecule has 0 saturated carbocycles. The molecule has 4 heterocycles. The molecule has 1 unspecified atom stereocenters. The fourth-order valence-corrected chi connectivity index (χ4v) is 9.29. The molecule has 253 valence electrons. The van der Waals surface area contributed by atoms with Gasteiger partial charge in [-0.2, -0.15) is 0 Å². The Hall–Kier alpha value is -3.12. The van der Waals surface area contributed by atoms with Crippen molar-refractivity contribution in [3.63, 3.8) is 0 Å². The van der Waals surface area contributed by atoms with Crippen molar-refractivity contribution in [1.82, 2.24) is 15.0 Å². The quantitative estimate of drug-likeness (QED) is 0.124. The first-order valence-corrected chi connectivity index (χ1v) is 24.1. The number of fused-ring (bicyclic) bond motifs is 3. The minimum Gasteiger partial charge on any atom is -0.499 e. The molecule has 48 heavy (non-hydrogen) atoms. The van der Waals surface area contributed by atoms with Gasteiger partial charge in [0.05, 0.1) is 11.1 Å². The van der Waals surface area contributed by atoms with E-state index in [1.807, 2.05) is 49.5 Å². The molecule has 1 atom stereocenters. The first-order valence-electron chi connectivity index (χ1n) is 16.8. The molecule has 0 spiro atoms. The van der Waals surface area contributed by atoms with Crippen molar-refractivity contribution in [2.75, 3.05) is 0 Å². The van der Waals surface area contributed by atoms with E-state index in [9.17, 15) is 0 Å². The molecule has 0 amide bonds. The van der Waals surface area contributed by atoms with Gasteiger partial charge in [0.25, 0.3) is 0 Å². The predicted octanol–water partition coefficient (Wildman–Crippen LogP) is 10.9. The van der Waals surface area contributed by atoms with E-state index in [-0.39, 0.29) is 25.5 Å². The molecule has 1 radical (unpaired) electrons. The molecule has 4 aromatic heterocycles. The molecule has 0 aliphatic heterocycles. The number of hydrogen-bond acceptors (Lipinski definition) is 4. The van der Waals surface area contributed by atoms with Gasteiger partial charge < -0.3 is 9.40 Å². The molecule has 0 saturated heterocycles. The maximum Gasteiger partial charge on any atom is 0.139 e. The van der Waals surface area contributed by atoms with Crippen LogP contribution in [0.25, 0.3) is 44.6 Å². The second kappa shape index (κ2) is 15.2. The van der Waals surface area contributed by atoms with Crippen LogP contribution in [-0.4, -0.2) is 28.2 Å². The summed E-state index contributed by atoms with van der Waals surface area (Å²) in [5, 5.41) is 1.05. The average Bonchev–Trinajstić information content (AvgIpc) is 3.40.